The van der Waals surface area contributed by atoms with E-state index in [-0.39, 0.29) is 0 Å². The van der Waals surface area contributed by atoms with Gasteiger partial charge in [0.25, 0.3) is 0 Å². The number of aromatic nitrogens is 1. The van der Waals surface area contributed by atoms with Gasteiger partial charge in [-0.2, -0.15) is 0 Å². The topological polar surface area (TPSA) is 42.1 Å². The molecule has 0 atom stereocenters. The van der Waals surface area contributed by atoms with Crippen molar-refractivity contribution in [3.8, 4) is 0 Å². The van der Waals surface area contributed by atoms with Crippen LogP contribution in [0, 0.1) is 0 Å². The molecule has 1 aliphatic carbocycles. The van der Waals surface area contributed by atoms with Crippen LogP contribution in [0.15, 0.2) is 30.3 Å². The molecule has 3 rings (SSSR count). The van der Waals surface area contributed by atoms with Crippen LogP contribution < -0.4 is 10.6 Å². The minimum Gasteiger partial charge on any atom is -0.354 e. The van der Waals surface area contributed by atoms with Gasteiger partial charge in [0, 0.05) is 24.5 Å². The molecule has 1 heterocycles. The summed E-state index contributed by atoms with van der Waals surface area (Å²) in [6.07, 6.45) is 2.58. The van der Waals surface area contributed by atoms with Gasteiger partial charge in [-0.15, -0.1) is 0 Å². The Hall–Kier alpha value is -1.61. The molecule has 0 aliphatic heterocycles. The van der Waals surface area contributed by atoms with E-state index in [1.54, 1.807) is 0 Å². The highest BCUT2D eigenvalue weighted by Gasteiger charge is 2.29. The van der Waals surface area contributed by atoms with Crippen molar-refractivity contribution in [1.82, 2.24) is 4.98 Å². The number of benzene rings is 1. The number of nitrogens with two attached hydrogens (primary N) is 1. The van der Waals surface area contributed by atoms with Crippen molar-refractivity contribution < 1.29 is 0 Å². The predicted molar refractivity (Wildman–Crippen MR) is 75.7 cm³/mol. The van der Waals surface area contributed by atoms with Gasteiger partial charge in [-0.25, -0.2) is 4.98 Å². The number of nitrogens with zero attached hydrogens (tertiary/aromatic N) is 2. The molecule has 0 unspecified atom stereocenters. The van der Waals surface area contributed by atoms with Crippen LogP contribution in [0.4, 0.5) is 5.82 Å². The highest BCUT2D eigenvalue weighted by molar-refractivity contribution is 5.84. The normalized spacial score (nSPS) is 15.0. The van der Waals surface area contributed by atoms with Gasteiger partial charge in [0.05, 0.1) is 5.52 Å². The summed E-state index contributed by atoms with van der Waals surface area (Å²) in [5.41, 5.74) is 8.11. The highest BCUT2D eigenvalue weighted by atomic mass is 15.2. The van der Waals surface area contributed by atoms with Crippen LogP contribution in [-0.4, -0.2) is 17.6 Å². The van der Waals surface area contributed by atoms with Gasteiger partial charge < -0.3 is 10.6 Å². The van der Waals surface area contributed by atoms with E-state index >= 15 is 0 Å². The number of fused-ring (bicyclic) bond motifs is 1. The monoisotopic (exact) mass is 241 g/mol. The number of anilines is 1. The molecule has 3 nitrogen and oxygen atoms in total. The quantitative estimate of drug-likeness (QED) is 0.895. The zero-order valence-corrected chi connectivity index (χ0v) is 10.8. The van der Waals surface area contributed by atoms with Gasteiger partial charge in [-0.3, -0.25) is 0 Å². The van der Waals surface area contributed by atoms with Gasteiger partial charge >= 0.3 is 0 Å². The third-order valence-electron chi connectivity index (χ3n) is 3.63. The van der Waals surface area contributed by atoms with Crippen molar-refractivity contribution in [3.63, 3.8) is 0 Å². The van der Waals surface area contributed by atoms with E-state index in [2.05, 4.69) is 30.0 Å². The van der Waals surface area contributed by atoms with E-state index in [0.29, 0.717) is 12.6 Å². The minimum atomic E-state index is 0.568. The maximum atomic E-state index is 5.87. The van der Waals surface area contributed by atoms with Crippen molar-refractivity contribution >= 4 is 16.7 Å². The summed E-state index contributed by atoms with van der Waals surface area (Å²) in [5.74, 6) is 1.08. The zero-order chi connectivity index (χ0) is 12.5. The lowest BCUT2D eigenvalue weighted by molar-refractivity contribution is 0.810. The van der Waals surface area contributed by atoms with E-state index in [4.69, 9.17) is 10.7 Å². The molecule has 0 spiro atoms. The summed E-state index contributed by atoms with van der Waals surface area (Å²) in [5, 5.41) is 1.18. The summed E-state index contributed by atoms with van der Waals surface area (Å²) in [6.45, 7) is 3.77. The summed E-state index contributed by atoms with van der Waals surface area (Å²) in [4.78, 5) is 7.18. The molecule has 0 amide bonds. The first-order chi connectivity index (χ1) is 8.83. The fraction of sp³-hybridized carbons (Fsp3) is 0.400. The molecule has 2 aromatic rings. The Morgan fingerprint density at radius 2 is 2.11 bits per heavy atom. The second-order valence-electron chi connectivity index (χ2n) is 4.88. The fourth-order valence-corrected chi connectivity index (χ4v) is 2.54. The van der Waals surface area contributed by atoms with E-state index < -0.39 is 0 Å². The van der Waals surface area contributed by atoms with Crippen molar-refractivity contribution in [2.75, 3.05) is 11.4 Å². The van der Waals surface area contributed by atoms with Crippen LogP contribution in [0.5, 0.6) is 0 Å². The molecule has 1 fully saturated rings. The number of pyridine rings is 1. The van der Waals surface area contributed by atoms with Crippen molar-refractivity contribution in [2.24, 2.45) is 5.73 Å². The second-order valence-corrected chi connectivity index (χ2v) is 4.88. The Kier molecular flexibility index (Phi) is 2.92. The summed E-state index contributed by atoms with van der Waals surface area (Å²) in [6, 6.07) is 11.1. The van der Waals surface area contributed by atoms with E-state index in [1.807, 2.05) is 12.1 Å². The molecular weight excluding hydrogens is 222 g/mol. The van der Waals surface area contributed by atoms with Crippen LogP contribution in [-0.2, 0) is 6.54 Å². The average molecular weight is 241 g/mol. The van der Waals surface area contributed by atoms with E-state index in [9.17, 15) is 0 Å². The smallest absolute Gasteiger partial charge is 0.129 e. The van der Waals surface area contributed by atoms with Gasteiger partial charge in [0.2, 0.25) is 0 Å². The molecule has 1 saturated carbocycles. The first-order valence-corrected chi connectivity index (χ1v) is 6.69. The fourth-order valence-electron chi connectivity index (χ4n) is 2.54. The third kappa shape index (κ3) is 1.95. The Morgan fingerprint density at radius 1 is 1.33 bits per heavy atom. The first-order valence-electron chi connectivity index (χ1n) is 6.69. The van der Waals surface area contributed by atoms with Gasteiger partial charge in [-0.05, 0) is 37.5 Å². The van der Waals surface area contributed by atoms with Gasteiger partial charge in [0.15, 0.2) is 0 Å². The van der Waals surface area contributed by atoms with Gasteiger partial charge in [0.1, 0.15) is 5.82 Å². The second kappa shape index (κ2) is 4.58. The molecule has 94 valence electrons. The van der Waals surface area contributed by atoms with Crippen LogP contribution in [0.25, 0.3) is 10.9 Å². The molecule has 0 bridgehead atoms. The van der Waals surface area contributed by atoms with Crippen LogP contribution >= 0.6 is 0 Å². The maximum Gasteiger partial charge on any atom is 0.129 e. The third-order valence-corrected chi connectivity index (χ3v) is 3.63. The molecule has 2 N–H and O–H groups in total. The average Bonchev–Trinajstić information content (AvgIpc) is 3.23. The molecule has 0 saturated heterocycles. The Labute approximate surface area is 108 Å². The lowest BCUT2D eigenvalue weighted by Crippen LogP contribution is -2.26. The molecule has 1 aromatic carbocycles. The molecule has 0 radical (unpaired) electrons. The molecular formula is C15H19N3. The zero-order valence-electron chi connectivity index (χ0n) is 10.8. The summed E-state index contributed by atoms with van der Waals surface area (Å²) in [7, 11) is 0. The van der Waals surface area contributed by atoms with Crippen LogP contribution in [0.2, 0.25) is 0 Å². The van der Waals surface area contributed by atoms with E-state index in [0.717, 1.165) is 17.9 Å². The standard InChI is InChI=1S/C15H19N3/c1-2-18(12-7-8-12)15-9-11(10-16)13-5-3-4-6-14(13)17-15/h3-6,9,12H,2,7-8,10,16H2,1H3. The number of hydrogen-bond acceptors (Lipinski definition) is 3. The van der Waals surface area contributed by atoms with Crippen molar-refractivity contribution in [3.05, 3.63) is 35.9 Å². The number of rotatable bonds is 4. The summed E-state index contributed by atoms with van der Waals surface area (Å²) >= 11 is 0. The number of hydrogen-bond donors (Lipinski definition) is 1. The largest absolute Gasteiger partial charge is 0.354 e. The van der Waals surface area contributed by atoms with Gasteiger partial charge in [-0.1, -0.05) is 18.2 Å². The van der Waals surface area contributed by atoms with Crippen molar-refractivity contribution in [1.29, 1.82) is 0 Å². The first kappa shape index (κ1) is 11.5. The number of para-hydroxylation sites is 1. The predicted octanol–water partition coefficient (Wildman–Crippen LogP) is 2.68. The SMILES string of the molecule is CCN(c1cc(CN)c2ccccc2n1)C1CC1. The molecule has 1 aliphatic rings. The lowest BCUT2D eigenvalue weighted by atomic mass is 10.1. The molecule has 18 heavy (non-hydrogen) atoms. The Bertz CT molecular complexity index is 561. The van der Waals surface area contributed by atoms with Crippen LogP contribution in [0.1, 0.15) is 25.3 Å². The Balaban J connectivity index is 2.12. The van der Waals surface area contributed by atoms with Crippen molar-refractivity contribution in [2.45, 2.75) is 32.4 Å². The van der Waals surface area contributed by atoms with Crippen LogP contribution in [0.3, 0.4) is 0 Å². The Morgan fingerprint density at radius 3 is 2.78 bits per heavy atom. The molecule has 3 heteroatoms. The lowest BCUT2D eigenvalue weighted by Gasteiger charge is -2.22. The minimum absolute atomic E-state index is 0.568. The van der Waals surface area contributed by atoms with E-state index in [1.165, 1.54) is 23.8 Å². The highest BCUT2D eigenvalue weighted by Crippen LogP contribution is 2.32. The maximum absolute atomic E-state index is 5.87. The molecule has 1 aromatic heterocycles. The summed E-state index contributed by atoms with van der Waals surface area (Å²) < 4.78 is 0.